The van der Waals surface area contributed by atoms with Gasteiger partial charge in [0.2, 0.25) is 0 Å². The molecule has 3 rings (SSSR count). The van der Waals surface area contributed by atoms with Crippen molar-refractivity contribution in [2.24, 2.45) is 0 Å². The summed E-state index contributed by atoms with van der Waals surface area (Å²) < 4.78 is 5.85. The lowest BCUT2D eigenvalue weighted by molar-refractivity contribution is -0.0102. The number of hydrogen-bond donors (Lipinski definition) is 1. The molecule has 0 amide bonds. The minimum atomic E-state index is -0.603. The molecule has 0 aliphatic carbocycles. The summed E-state index contributed by atoms with van der Waals surface area (Å²) >= 11 is 0. The zero-order chi connectivity index (χ0) is 14.3. The number of nitrogens with zero attached hydrogens (tertiary/aromatic N) is 1. The van der Waals surface area contributed by atoms with Gasteiger partial charge in [0.25, 0.3) is 0 Å². The normalized spacial score (nSPS) is 18.8. The van der Waals surface area contributed by atoms with Crippen LogP contribution in [0, 0.1) is 6.92 Å². The van der Waals surface area contributed by atoms with E-state index in [-0.39, 0.29) is 5.54 Å². The van der Waals surface area contributed by atoms with Crippen LogP contribution in [0.2, 0.25) is 0 Å². The Morgan fingerprint density at radius 2 is 1.90 bits per heavy atom. The van der Waals surface area contributed by atoms with Crippen LogP contribution in [0.3, 0.4) is 0 Å². The van der Waals surface area contributed by atoms with Gasteiger partial charge in [0, 0.05) is 10.9 Å². The van der Waals surface area contributed by atoms with Gasteiger partial charge >= 0.3 is 0 Å². The lowest BCUT2D eigenvalue weighted by Gasteiger charge is -2.38. The number of fused-ring (bicyclic) bond motifs is 1. The minimum absolute atomic E-state index is 0.292. The lowest BCUT2D eigenvalue weighted by atomic mass is 9.93. The molecule has 0 spiro atoms. The van der Waals surface area contributed by atoms with Crippen molar-refractivity contribution in [2.75, 3.05) is 13.1 Å². The van der Waals surface area contributed by atoms with Crippen LogP contribution >= 0.6 is 0 Å². The summed E-state index contributed by atoms with van der Waals surface area (Å²) in [7, 11) is 0. The highest BCUT2D eigenvalue weighted by molar-refractivity contribution is 5.78. The molecule has 1 saturated heterocycles. The summed E-state index contributed by atoms with van der Waals surface area (Å²) in [5.74, 6) is 0.669. The SMILES string of the molecule is Cc1ccc2oc(C(O)C(C)(C)N3CCCC3)cc2c1. The number of benzene rings is 1. The zero-order valence-corrected chi connectivity index (χ0v) is 12.5. The summed E-state index contributed by atoms with van der Waals surface area (Å²) in [6, 6.07) is 8.08. The van der Waals surface area contributed by atoms with E-state index in [4.69, 9.17) is 4.42 Å². The second kappa shape index (κ2) is 4.90. The molecule has 1 aromatic heterocycles. The Kier molecular flexibility index (Phi) is 3.35. The van der Waals surface area contributed by atoms with Crippen molar-refractivity contribution in [1.82, 2.24) is 4.90 Å². The third-order valence-electron chi connectivity index (χ3n) is 4.55. The Bertz CT molecular complexity index is 608. The molecule has 2 aromatic rings. The smallest absolute Gasteiger partial charge is 0.135 e. The number of furan rings is 1. The van der Waals surface area contributed by atoms with E-state index in [1.54, 1.807) is 0 Å². The average molecular weight is 273 g/mol. The highest BCUT2D eigenvalue weighted by Gasteiger charge is 2.38. The third-order valence-corrected chi connectivity index (χ3v) is 4.55. The molecule has 0 radical (unpaired) electrons. The second-order valence-corrected chi connectivity index (χ2v) is 6.44. The van der Waals surface area contributed by atoms with Crippen molar-refractivity contribution in [3.8, 4) is 0 Å². The molecule has 1 unspecified atom stereocenters. The molecule has 108 valence electrons. The largest absolute Gasteiger partial charge is 0.458 e. The van der Waals surface area contributed by atoms with Crippen LogP contribution in [0.4, 0.5) is 0 Å². The van der Waals surface area contributed by atoms with Crippen LogP contribution in [0.5, 0.6) is 0 Å². The maximum absolute atomic E-state index is 10.7. The number of rotatable bonds is 3. The van der Waals surface area contributed by atoms with Crippen LogP contribution in [0.15, 0.2) is 28.7 Å². The fourth-order valence-corrected chi connectivity index (χ4v) is 3.13. The summed E-state index contributed by atoms with van der Waals surface area (Å²) in [5.41, 5.74) is 1.76. The first-order valence-corrected chi connectivity index (χ1v) is 7.42. The van der Waals surface area contributed by atoms with Crippen molar-refractivity contribution in [3.63, 3.8) is 0 Å². The molecular formula is C17H23NO2. The van der Waals surface area contributed by atoms with Gasteiger partial charge < -0.3 is 9.52 Å². The first kappa shape index (κ1) is 13.7. The number of aliphatic hydroxyl groups is 1. The van der Waals surface area contributed by atoms with Gasteiger partial charge in [0.1, 0.15) is 17.4 Å². The molecule has 1 aliphatic heterocycles. The highest BCUT2D eigenvalue weighted by atomic mass is 16.4. The van der Waals surface area contributed by atoms with Gasteiger partial charge in [0.05, 0.1) is 0 Å². The number of likely N-dealkylation sites (tertiary alicyclic amines) is 1. The van der Waals surface area contributed by atoms with E-state index < -0.39 is 6.10 Å². The quantitative estimate of drug-likeness (QED) is 0.927. The zero-order valence-electron chi connectivity index (χ0n) is 12.5. The molecule has 1 fully saturated rings. The van der Waals surface area contributed by atoms with E-state index >= 15 is 0 Å². The van der Waals surface area contributed by atoms with Crippen molar-refractivity contribution < 1.29 is 9.52 Å². The summed E-state index contributed by atoms with van der Waals surface area (Å²) in [6.07, 6.45) is 1.83. The fraction of sp³-hybridized carbons (Fsp3) is 0.529. The number of aliphatic hydroxyl groups excluding tert-OH is 1. The summed E-state index contributed by atoms with van der Waals surface area (Å²) in [6.45, 7) is 8.38. The van der Waals surface area contributed by atoms with E-state index in [1.807, 2.05) is 18.2 Å². The van der Waals surface area contributed by atoms with Gasteiger partial charge in [-0.2, -0.15) is 0 Å². The molecule has 1 aliphatic rings. The monoisotopic (exact) mass is 273 g/mol. The predicted molar refractivity (Wildman–Crippen MR) is 80.8 cm³/mol. The minimum Gasteiger partial charge on any atom is -0.458 e. The Morgan fingerprint density at radius 3 is 2.60 bits per heavy atom. The predicted octanol–water partition coefficient (Wildman–Crippen LogP) is 3.65. The van der Waals surface area contributed by atoms with Gasteiger partial charge in [-0.3, -0.25) is 4.90 Å². The first-order valence-electron chi connectivity index (χ1n) is 7.42. The standard InChI is InChI=1S/C17H23NO2/c1-12-6-7-14-13(10-12)11-15(20-14)16(19)17(2,3)18-8-4-5-9-18/h6-7,10-11,16,19H,4-5,8-9H2,1-3H3. The Hall–Kier alpha value is -1.32. The number of hydrogen-bond acceptors (Lipinski definition) is 3. The van der Waals surface area contributed by atoms with Crippen molar-refractivity contribution >= 4 is 11.0 Å². The van der Waals surface area contributed by atoms with E-state index in [0.717, 1.165) is 24.1 Å². The van der Waals surface area contributed by atoms with Crippen LogP contribution in [0.1, 0.15) is 44.1 Å². The molecule has 20 heavy (non-hydrogen) atoms. The Morgan fingerprint density at radius 1 is 1.20 bits per heavy atom. The van der Waals surface area contributed by atoms with Gasteiger partial charge in [-0.05, 0) is 64.9 Å². The Labute approximate surface area is 120 Å². The lowest BCUT2D eigenvalue weighted by Crippen LogP contribution is -2.46. The molecule has 0 saturated carbocycles. The summed E-state index contributed by atoms with van der Waals surface area (Å²) in [5, 5.41) is 11.8. The van der Waals surface area contributed by atoms with Crippen LogP contribution in [0.25, 0.3) is 11.0 Å². The van der Waals surface area contributed by atoms with Crippen LogP contribution in [-0.4, -0.2) is 28.6 Å². The molecule has 3 nitrogen and oxygen atoms in total. The van der Waals surface area contributed by atoms with Crippen LogP contribution < -0.4 is 0 Å². The van der Waals surface area contributed by atoms with Crippen LogP contribution in [-0.2, 0) is 0 Å². The molecule has 1 N–H and O–H groups in total. The topological polar surface area (TPSA) is 36.6 Å². The van der Waals surface area contributed by atoms with E-state index in [2.05, 4.69) is 31.7 Å². The van der Waals surface area contributed by atoms with E-state index in [1.165, 1.54) is 18.4 Å². The number of aryl methyl sites for hydroxylation is 1. The maximum Gasteiger partial charge on any atom is 0.135 e. The van der Waals surface area contributed by atoms with Crippen molar-refractivity contribution in [3.05, 3.63) is 35.6 Å². The molecule has 0 bridgehead atoms. The average Bonchev–Trinajstić information content (AvgIpc) is 3.06. The third kappa shape index (κ3) is 2.25. The second-order valence-electron chi connectivity index (χ2n) is 6.44. The van der Waals surface area contributed by atoms with Crippen molar-refractivity contribution in [1.29, 1.82) is 0 Å². The molecule has 2 heterocycles. The fourth-order valence-electron chi connectivity index (χ4n) is 3.13. The Balaban J connectivity index is 1.92. The van der Waals surface area contributed by atoms with Gasteiger partial charge in [-0.25, -0.2) is 0 Å². The van der Waals surface area contributed by atoms with Gasteiger partial charge in [0.15, 0.2) is 0 Å². The molecular weight excluding hydrogens is 250 g/mol. The highest BCUT2D eigenvalue weighted by Crippen LogP contribution is 2.36. The van der Waals surface area contributed by atoms with Crippen molar-refractivity contribution in [2.45, 2.75) is 45.3 Å². The first-order chi connectivity index (χ1) is 9.48. The van der Waals surface area contributed by atoms with Gasteiger partial charge in [-0.15, -0.1) is 0 Å². The molecule has 3 heteroatoms. The summed E-state index contributed by atoms with van der Waals surface area (Å²) in [4.78, 5) is 2.36. The molecule has 1 atom stereocenters. The van der Waals surface area contributed by atoms with Gasteiger partial charge in [-0.1, -0.05) is 11.6 Å². The maximum atomic E-state index is 10.7. The van der Waals surface area contributed by atoms with E-state index in [0.29, 0.717) is 5.76 Å². The molecule has 1 aromatic carbocycles. The van der Waals surface area contributed by atoms with E-state index in [9.17, 15) is 5.11 Å².